The summed E-state index contributed by atoms with van der Waals surface area (Å²) < 4.78 is 6.82. The van der Waals surface area contributed by atoms with Gasteiger partial charge in [-0.05, 0) is 31.4 Å². The molecule has 12 heteroatoms. The third kappa shape index (κ3) is 3.32. The molecule has 2 aliphatic rings. The zero-order valence-corrected chi connectivity index (χ0v) is 19.1. The number of rotatable bonds is 4. The molecule has 180 valence electrons. The van der Waals surface area contributed by atoms with Gasteiger partial charge in [0, 0.05) is 54.8 Å². The van der Waals surface area contributed by atoms with Crippen LogP contribution in [0.25, 0.3) is 16.9 Å². The number of benzene rings is 1. The minimum absolute atomic E-state index is 0.0819. The number of likely N-dealkylation sites (tertiary alicyclic amines) is 1. The summed E-state index contributed by atoms with van der Waals surface area (Å²) in [7, 11) is 1.61. The lowest BCUT2D eigenvalue weighted by Gasteiger charge is -2.38. The van der Waals surface area contributed by atoms with Gasteiger partial charge in [-0.25, -0.2) is 5.21 Å². The molecule has 0 bridgehead atoms. The number of hydrogen-bond acceptors (Lipinski definition) is 6. The number of H-pyrrole nitrogens is 3. The summed E-state index contributed by atoms with van der Waals surface area (Å²) >= 11 is 0. The van der Waals surface area contributed by atoms with E-state index in [1.54, 1.807) is 24.4 Å². The normalized spacial score (nSPS) is 17.6. The number of nitrogens with one attached hydrogen (secondary N) is 3. The molecule has 3 N–H and O–H groups in total. The van der Waals surface area contributed by atoms with Gasteiger partial charge in [-0.15, -0.1) is 5.10 Å². The third-order valence-electron chi connectivity index (χ3n) is 7.26. The number of ether oxygens (including phenoxy) is 1. The number of carbonyl (C=O) groups excluding carboxylic acids is 2. The first-order chi connectivity index (χ1) is 17.0. The molecule has 0 radical (unpaired) electrons. The molecule has 12 nitrogen and oxygen atoms in total. The lowest BCUT2D eigenvalue weighted by molar-refractivity contribution is -0.127. The Bertz CT molecular complexity index is 1470. The smallest absolute Gasteiger partial charge is 0.275 e. The second-order valence-corrected chi connectivity index (χ2v) is 9.04. The SMILES string of the molecule is COc1cc(N2CCC3(CCN(C(=O)c4cc(=O)n5[nH]nc5[nH]4)CC3)C2=O)ccc1-c1cn[nH]c1. The number of methoxy groups -OCH3 is 1. The Morgan fingerprint density at radius 2 is 1.91 bits per heavy atom. The number of amides is 2. The first kappa shape index (κ1) is 21.2. The molecule has 1 spiro atoms. The van der Waals surface area contributed by atoms with Crippen molar-refractivity contribution >= 4 is 23.3 Å². The van der Waals surface area contributed by atoms with Crippen LogP contribution in [-0.2, 0) is 4.79 Å². The number of carbonyl (C=O) groups is 2. The van der Waals surface area contributed by atoms with Gasteiger partial charge >= 0.3 is 0 Å². The van der Waals surface area contributed by atoms with Gasteiger partial charge in [-0.2, -0.15) is 9.61 Å². The van der Waals surface area contributed by atoms with Crippen molar-refractivity contribution in [1.29, 1.82) is 0 Å². The molecule has 0 saturated carbocycles. The first-order valence-electron chi connectivity index (χ1n) is 11.4. The third-order valence-corrected chi connectivity index (χ3v) is 7.26. The zero-order chi connectivity index (χ0) is 24.2. The van der Waals surface area contributed by atoms with Gasteiger partial charge in [0.15, 0.2) is 0 Å². The van der Waals surface area contributed by atoms with Crippen molar-refractivity contribution in [2.24, 2.45) is 5.41 Å². The van der Waals surface area contributed by atoms with Crippen LogP contribution in [0.3, 0.4) is 0 Å². The molecule has 1 aromatic carbocycles. The highest BCUT2D eigenvalue weighted by molar-refractivity contribution is 6.01. The van der Waals surface area contributed by atoms with Crippen LogP contribution in [0, 0.1) is 5.41 Å². The van der Waals surface area contributed by atoms with E-state index < -0.39 is 5.41 Å². The summed E-state index contributed by atoms with van der Waals surface area (Å²) in [5.74, 6) is 0.804. The maximum Gasteiger partial charge on any atom is 0.275 e. The predicted molar refractivity (Wildman–Crippen MR) is 125 cm³/mol. The number of aromatic amines is 3. The molecule has 35 heavy (non-hydrogen) atoms. The van der Waals surface area contributed by atoms with Gasteiger partial charge in [-0.3, -0.25) is 19.5 Å². The maximum atomic E-state index is 13.6. The molecule has 4 aromatic rings. The van der Waals surface area contributed by atoms with Crippen LogP contribution in [0.5, 0.6) is 5.75 Å². The van der Waals surface area contributed by atoms with Crippen molar-refractivity contribution in [3.63, 3.8) is 0 Å². The highest BCUT2D eigenvalue weighted by Crippen LogP contribution is 2.44. The van der Waals surface area contributed by atoms with E-state index in [1.807, 2.05) is 23.1 Å². The standard InChI is InChI=1S/C23H24N8O4/c1-35-18-10-15(2-3-16(18)14-12-24-25-13-14)30-9-6-23(21(30)34)4-7-29(8-5-23)20(33)17-11-19(32)31-22(26-17)27-28-31/h2-3,10-13,28H,4-9H2,1H3,(H,24,25)(H,26,27). The maximum absolute atomic E-state index is 13.6. The van der Waals surface area contributed by atoms with Crippen LogP contribution in [0.1, 0.15) is 29.8 Å². The number of nitrogens with zero attached hydrogens (tertiary/aromatic N) is 5. The summed E-state index contributed by atoms with van der Waals surface area (Å²) in [5.41, 5.74) is 1.97. The van der Waals surface area contributed by atoms with E-state index in [0.29, 0.717) is 44.0 Å². The second kappa shape index (κ2) is 7.86. The van der Waals surface area contributed by atoms with Crippen molar-refractivity contribution in [2.45, 2.75) is 19.3 Å². The van der Waals surface area contributed by atoms with E-state index in [0.717, 1.165) is 23.2 Å². The number of piperidine rings is 1. The number of fused-ring (bicyclic) bond motifs is 1. The van der Waals surface area contributed by atoms with E-state index in [9.17, 15) is 14.4 Å². The molecule has 2 amide bonds. The van der Waals surface area contributed by atoms with Crippen molar-refractivity contribution in [2.75, 3.05) is 31.6 Å². The molecule has 2 fully saturated rings. The van der Waals surface area contributed by atoms with E-state index in [-0.39, 0.29) is 23.1 Å². The fourth-order valence-electron chi connectivity index (χ4n) is 5.17. The number of anilines is 1. The van der Waals surface area contributed by atoms with E-state index in [4.69, 9.17) is 4.74 Å². The van der Waals surface area contributed by atoms with Crippen LogP contribution >= 0.6 is 0 Å². The molecule has 0 unspecified atom stereocenters. The van der Waals surface area contributed by atoms with Gasteiger partial charge < -0.3 is 19.5 Å². The average Bonchev–Trinajstić information content (AvgIpc) is 3.49. The van der Waals surface area contributed by atoms with E-state index in [2.05, 4.69) is 25.5 Å². The van der Waals surface area contributed by atoms with Gasteiger partial charge in [0.2, 0.25) is 5.91 Å². The van der Waals surface area contributed by atoms with Crippen LogP contribution in [0.2, 0.25) is 0 Å². The van der Waals surface area contributed by atoms with Crippen molar-refractivity contribution in [1.82, 2.24) is 34.9 Å². The minimum atomic E-state index is -0.490. The Labute approximate surface area is 198 Å². The van der Waals surface area contributed by atoms with E-state index >= 15 is 0 Å². The summed E-state index contributed by atoms with van der Waals surface area (Å²) in [4.78, 5) is 45.0. The van der Waals surface area contributed by atoms with Crippen LogP contribution in [0.15, 0.2) is 41.5 Å². The molecule has 0 atom stereocenters. The van der Waals surface area contributed by atoms with E-state index in [1.165, 1.54) is 10.6 Å². The summed E-state index contributed by atoms with van der Waals surface area (Å²) in [6.45, 7) is 1.51. The van der Waals surface area contributed by atoms with Crippen LogP contribution in [0.4, 0.5) is 5.69 Å². The highest BCUT2D eigenvalue weighted by Gasteiger charge is 2.49. The fourth-order valence-corrected chi connectivity index (χ4v) is 5.17. The monoisotopic (exact) mass is 476 g/mol. The zero-order valence-electron chi connectivity index (χ0n) is 19.1. The highest BCUT2D eigenvalue weighted by atomic mass is 16.5. The first-order valence-corrected chi connectivity index (χ1v) is 11.4. The summed E-state index contributed by atoms with van der Waals surface area (Å²) in [6.07, 6.45) is 5.41. The molecule has 6 rings (SSSR count). The summed E-state index contributed by atoms with van der Waals surface area (Å²) in [6, 6.07) is 7.02. The Hall–Kier alpha value is -4.35. The fraction of sp³-hybridized carbons (Fsp3) is 0.348. The predicted octanol–water partition coefficient (Wildman–Crippen LogP) is 1.41. The van der Waals surface area contributed by atoms with Crippen LogP contribution < -0.4 is 15.2 Å². The van der Waals surface area contributed by atoms with Gasteiger partial charge in [-0.1, -0.05) is 0 Å². The minimum Gasteiger partial charge on any atom is -0.496 e. The molecule has 0 aliphatic carbocycles. The van der Waals surface area contributed by atoms with Crippen molar-refractivity contribution in [3.8, 4) is 16.9 Å². The molecule has 2 aliphatic heterocycles. The molecule has 5 heterocycles. The molecular formula is C23H24N8O4. The van der Waals surface area contributed by atoms with Gasteiger partial charge in [0.25, 0.3) is 17.2 Å². The molecular weight excluding hydrogens is 452 g/mol. The second-order valence-electron chi connectivity index (χ2n) is 9.04. The lowest BCUT2D eigenvalue weighted by Crippen LogP contribution is -2.47. The Morgan fingerprint density at radius 1 is 1.11 bits per heavy atom. The molecule has 3 aromatic heterocycles. The number of hydrogen-bond donors (Lipinski definition) is 3. The van der Waals surface area contributed by atoms with Crippen molar-refractivity contribution < 1.29 is 14.3 Å². The number of aromatic nitrogens is 6. The topological polar surface area (TPSA) is 144 Å². The Kier molecular flexibility index (Phi) is 4.76. The van der Waals surface area contributed by atoms with Gasteiger partial charge in [0.1, 0.15) is 11.4 Å². The summed E-state index contributed by atoms with van der Waals surface area (Å²) in [5, 5.41) is 13.1. The van der Waals surface area contributed by atoms with Crippen molar-refractivity contribution in [3.05, 3.63) is 52.7 Å². The largest absolute Gasteiger partial charge is 0.496 e. The van der Waals surface area contributed by atoms with Crippen LogP contribution in [-0.4, -0.2) is 73.5 Å². The Balaban J connectivity index is 1.17. The molecule has 2 saturated heterocycles. The quantitative estimate of drug-likeness (QED) is 0.406. The lowest BCUT2D eigenvalue weighted by atomic mass is 9.77. The average molecular weight is 476 g/mol. The van der Waals surface area contributed by atoms with Gasteiger partial charge in [0.05, 0.1) is 18.7 Å². The Morgan fingerprint density at radius 3 is 2.57 bits per heavy atom.